The zero-order valence-corrected chi connectivity index (χ0v) is 13.1. The molecule has 0 fully saturated rings. The number of benzene rings is 2. The van der Waals surface area contributed by atoms with E-state index in [0.717, 1.165) is 22.6 Å². The van der Waals surface area contributed by atoms with E-state index in [4.69, 9.17) is 15.2 Å². The van der Waals surface area contributed by atoms with E-state index in [-0.39, 0.29) is 6.10 Å². The Morgan fingerprint density at radius 1 is 1.05 bits per heavy atom. The summed E-state index contributed by atoms with van der Waals surface area (Å²) < 4.78 is 11.2. The van der Waals surface area contributed by atoms with Gasteiger partial charge in [-0.2, -0.15) is 0 Å². The molecule has 2 aromatic carbocycles. The van der Waals surface area contributed by atoms with Crippen LogP contribution in [0.2, 0.25) is 0 Å². The van der Waals surface area contributed by atoms with Crippen LogP contribution in [-0.4, -0.2) is 13.2 Å². The predicted octanol–water partition coefficient (Wildman–Crippen LogP) is 3.70. The minimum absolute atomic E-state index is 0.135. The van der Waals surface area contributed by atoms with Crippen LogP contribution in [0.25, 0.3) is 0 Å². The van der Waals surface area contributed by atoms with Gasteiger partial charge in [-0.3, -0.25) is 0 Å². The summed E-state index contributed by atoms with van der Waals surface area (Å²) in [5.41, 5.74) is 7.89. The molecule has 0 aromatic heterocycles. The summed E-state index contributed by atoms with van der Waals surface area (Å²) in [6.07, 6.45) is 0.135. The summed E-state index contributed by atoms with van der Waals surface area (Å²) in [6.45, 7) is 6.00. The highest BCUT2D eigenvalue weighted by atomic mass is 16.5. The van der Waals surface area contributed by atoms with Crippen LogP contribution in [0.5, 0.6) is 11.5 Å². The van der Waals surface area contributed by atoms with Crippen LogP contribution in [0.15, 0.2) is 48.5 Å². The first-order valence-corrected chi connectivity index (χ1v) is 7.14. The van der Waals surface area contributed by atoms with Gasteiger partial charge in [-0.05, 0) is 44.5 Å². The number of nitrogens with two attached hydrogens (primary N) is 1. The molecule has 0 amide bonds. The van der Waals surface area contributed by atoms with E-state index in [1.54, 1.807) is 7.11 Å². The Bertz CT molecular complexity index is 606. The molecule has 112 valence electrons. The second kappa shape index (κ2) is 6.19. The van der Waals surface area contributed by atoms with Crippen LogP contribution < -0.4 is 15.2 Å². The van der Waals surface area contributed by atoms with Gasteiger partial charge in [0, 0.05) is 5.56 Å². The van der Waals surface area contributed by atoms with Crippen molar-refractivity contribution in [2.75, 3.05) is 7.11 Å². The molecular weight excluding hydrogens is 262 g/mol. The van der Waals surface area contributed by atoms with Gasteiger partial charge in [0.05, 0.1) is 18.8 Å². The molecule has 0 radical (unpaired) electrons. The molecule has 3 nitrogen and oxygen atoms in total. The highest BCUT2D eigenvalue weighted by molar-refractivity contribution is 5.47. The van der Waals surface area contributed by atoms with Gasteiger partial charge >= 0.3 is 0 Å². The smallest absolute Gasteiger partial charge is 0.124 e. The van der Waals surface area contributed by atoms with E-state index in [0.29, 0.717) is 0 Å². The largest absolute Gasteiger partial charge is 0.496 e. The van der Waals surface area contributed by atoms with Gasteiger partial charge in [0.15, 0.2) is 0 Å². The second-order valence-electron chi connectivity index (χ2n) is 5.60. The number of para-hydroxylation sites is 1. The standard InChI is InChI=1S/C18H23NO2/c1-13(2)21-15-9-7-8-14(12-15)18(3,19)16-10-5-6-11-17(16)20-4/h5-13H,19H2,1-4H3. The van der Waals surface area contributed by atoms with E-state index in [1.165, 1.54) is 0 Å². The molecule has 0 aliphatic heterocycles. The number of methoxy groups -OCH3 is 1. The monoisotopic (exact) mass is 285 g/mol. The lowest BCUT2D eigenvalue weighted by Gasteiger charge is -2.28. The third kappa shape index (κ3) is 3.37. The Morgan fingerprint density at radius 3 is 2.43 bits per heavy atom. The summed E-state index contributed by atoms with van der Waals surface area (Å²) >= 11 is 0. The molecule has 1 atom stereocenters. The third-order valence-electron chi connectivity index (χ3n) is 3.47. The minimum Gasteiger partial charge on any atom is -0.496 e. The fourth-order valence-electron chi connectivity index (χ4n) is 2.39. The average molecular weight is 285 g/mol. The predicted molar refractivity (Wildman–Crippen MR) is 85.8 cm³/mol. The summed E-state index contributed by atoms with van der Waals surface area (Å²) in [4.78, 5) is 0. The topological polar surface area (TPSA) is 44.5 Å². The third-order valence-corrected chi connectivity index (χ3v) is 3.47. The van der Waals surface area contributed by atoms with Crippen LogP contribution in [0.4, 0.5) is 0 Å². The van der Waals surface area contributed by atoms with E-state index < -0.39 is 5.54 Å². The van der Waals surface area contributed by atoms with Crippen molar-refractivity contribution in [2.24, 2.45) is 5.73 Å². The Kier molecular flexibility index (Phi) is 4.53. The molecule has 0 spiro atoms. The molecule has 0 aliphatic carbocycles. The van der Waals surface area contributed by atoms with Crippen molar-refractivity contribution in [3.8, 4) is 11.5 Å². The van der Waals surface area contributed by atoms with Crippen molar-refractivity contribution in [3.63, 3.8) is 0 Å². The quantitative estimate of drug-likeness (QED) is 0.911. The number of hydrogen-bond acceptors (Lipinski definition) is 3. The minimum atomic E-state index is -0.650. The lowest BCUT2D eigenvalue weighted by Crippen LogP contribution is -2.34. The molecule has 0 saturated heterocycles. The first kappa shape index (κ1) is 15.4. The Hall–Kier alpha value is -2.00. The normalized spacial score (nSPS) is 13.8. The van der Waals surface area contributed by atoms with Gasteiger partial charge in [0.25, 0.3) is 0 Å². The summed E-state index contributed by atoms with van der Waals surface area (Å²) in [5, 5.41) is 0. The average Bonchev–Trinajstić information content (AvgIpc) is 2.46. The van der Waals surface area contributed by atoms with Crippen molar-refractivity contribution in [1.82, 2.24) is 0 Å². The molecule has 3 heteroatoms. The molecule has 2 N–H and O–H groups in total. The molecule has 0 aliphatic rings. The SMILES string of the molecule is COc1ccccc1C(C)(N)c1cccc(OC(C)C)c1. The van der Waals surface area contributed by atoms with Crippen molar-refractivity contribution in [3.05, 3.63) is 59.7 Å². The Labute approximate surface area is 126 Å². The second-order valence-corrected chi connectivity index (χ2v) is 5.60. The van der Waals surface area contributed by atoms with Crippen molar-refractivity contribution in [2.45, 2.75) is 32.4 Å². The van der Waals surface area contributed by atoms with Crippen LogP contribution in [0.3, 0.4) is 0 Å². The first-order valence-electron chi connectivity index (χ1n) is 7.14. The molecule has 0 bridgehead atoms. The molecule has 1 unspecified atom stereocenters. The van der Waals surface area contributed by atoms with E-state index in [1.807, 2.05) is 69.3 Å². The molecule has 21 heavy (non-hydrogen) atoms. The summed E-state index contributed by atoms with van der Waals surface area (Å²) in [5.74, 6) is 1.62. The summed E-state index contributed by atoms with van der Waals surface area (Å²) in [6, 6.07) is 15.7. The zero-order chi connectivity index (χ0) is 15.5. The van der Waals surface area contributed by atoms with E-state index in [9.17, 15) is 0 Å². The zero-order valence-electron chi connectivity index (χ0n) is 13.1. The van der Waals surface area contributed by atoms with Crippen LogP contribution in [-0.2, 0) is 5.54 Å². The number of rotatable bonds is 5. The van der Waals surface area contributed by atoms with Gasteiger partial charge in [0.1, 0.15) is 11.5 Å². The molecule has 2 aromatic rings. The molecule has 0 saturated carbocycles. The van der Waals surface area contributed by atoms with Crippen LogP contribution in [0.1, 0.15) is 31.9 Å². The fourth-order valence-corrected chi connectivity index (χ4v) is 2.39. The van der Waals surface area contributed by atoms with Gasteiger partial charge in [0.2, 0.25) is 0 Å². The van der Waals surface area contributed by atoms with Crippen LogP contribution >= 0.6 is 0 Å². The van der Waals surface area contributed by atoms with E-state index in [2.05, 4.69) is 0 Å². The lowest BCUT2D eigenvalue weighted by atomic mass is 9.85. The Balaban J connectivity index is 2.43. The van der Waals surface area contributed by atoms with Crippen molar-refractivity contribution >= 4 is 0 Å². The maximum atomic E-state index is 6.60. The molecule has 2 rings (SSSR count). The summed E-state index contributed by atoms with van der Waals surface area (Å²) in [7, 11) is 1.66. The van der Waals surface area contributed by atoms with Gasteiger partial charge in [-0.25, -0.2) is 0 Å². The van der Waals surface area contributed by atoms with Gasteiger partial charge in [-0.15, -0.1) is 0 Å². The van der Waals surface area contributed by atoms with Gasteiger partial charge in [-0.1, -0.05) is 30.3 Å². The number of ether oxygens (including phenoxy) is 2. The highest BCUT2D eigenvalue weighted by Gasteiger charge is 2.27. The lowest BCUT2D eigenvalue weighted by molar-refractivity contribution is 0.242. The molecule has 0 heterocycles. The fraction of sp³-hybridized carbons (Fsp3) is 0.333. The number of hydrogen-bond donors (Lipinski definition) is 1. The van der Waals surface area contributed by atoms with Gasteiger partial charge < -0.3 is 15.2 Å². The van der Waals surface area contributed by atoms with Crippen molar-refractivity contribution in [1.29, 1.82) is 0 Å². The van der Waals surface area contributed by atoms with Crippen molar-refractivity contribution < 1.29 is 9.47 Å². The molecular formula is C18H23NO2. The first-order chi connectivity index (χ1) is 9.95. The Morgan fingerprint density at radius 2 is 1.76 bits per heavy atom. The maximum absolute atomic E-state index is 6.60. The maximum Gasteiger partial charge on any atom is 0.124 e. The van der Waals surface area contributed by atoms with E-state index >= 15 is 0 Å². The van der Waals surface area contributed by atoms with Crippen LogP contribution in [0, 0.1) is 0 Å². The highest BCUT2D eigenvalue weighted by Crippen LogP contribution is 2.34.